The van der Waals surface area contributed by atoms with Gasteiger partial charge in [0.25, 0.3) is 0 Å². The lowest BCUT2D eigenvalue weighted by Gasteiger charge is -2.24. The Morgan fingerprint density at radius 1 is 1.29 bits per heavy atom. The van der Waals surface area contributed by atoms with Crippen LogP contribution in [0, 0.1) is 5.82 Å². The average molecular weight is 403 g/mol. The van der Waals surface area contributed by atoms with Crippen molar-refractivity contribution in [1.82, 2.24) is 14.3 Å². The Labute approximate surface area is 160 Å². The van der Waals surface area contributed by atoms with Gasteiger partial charge in [0, 0.05) is 23.3 Å². The number of carboxylic acids is 1. The average Bonchev–Trinajstić information content (AvgIpc) is 2.95. The molecule has 0 bridgehead atoms. The number of pyridine rings is 1. The Kier molecular flexibility index (Phi) is 4.64. The summed E-state index contributed by atoms with van der Waals surface area (Å²) >= 11 is 0. The van der Waals surface area contributed by atoms with Crippen LogP contribution in [0.25, 0.3) is 10.9 Å². The minimum Gasteiger partial charge on any atom is -0.480 e. The zero-order valence-electron chi connectivity index (χ0n) is 14.8. The smallest absolute Gasteiger partial charge is 0.323 e. The Morgan fingerprint density at radius 3 is 2.75 bits per heavy atom. The van der Waals surface area contributed by atoms with Crippen molar-refractivity contribution in [2.24, 2.45) is 0 Å². The Bertz CT molecular complexity index is 1160. The van der Waals surface area contributed by atoms with Crippen LogP contribution in [-0.4, -0.2) is 35.1 Å². The van der Waals surface area contributed by atoms with Gasteiger partial charge in [-0.1, -0.05) is 0 Å². The fraction of sp³-hybridized carbons (Fsp3) is 0.263. The second-order valence-corrected chi connectivity index (χ2v) is 8.53. The van der Waals surface area contributed by atoms with Crippen LogP contribution in [-0.2, 0) is 34.2 Å². The van der Waals surface area contributed by atoms with Crippen molar-refractivity contribution in [3.8, 4) is 0 Å². The topological polar surface area (TPSA) is 101 Å². The molecule has 0 fully saturated rings. The summed E-state index contributed by atoms with van der Waals surface area (Å²) in [5.74, 6) is -1.44. The summed E-state index contributed by atoms with van der Waals surface area (Å²) in [4.78, 5) is 15.4. The fourth-order valence-corrected chi connectivity index (χ4v) is 5.08. The number of sulfonamides is 1. The van der Waals surface area contributed by atoms with E-state index >= 15 is 0 Å². The van der Waals surface area contributed by atoms with Crippen molar-refractivity contribution in [2.75, 3.05) is 0 Å². The highest BCUT2D eigenvalue weighted by Crippen LogP contribution is 2.32. The summed E-state index contributed by atoms with van der Waals surface area (Å²) in [6.45, 7) is -0.163. The van der Waals surface area contributed by atoms with Gasteiger partial charge in [-0.05, 0) is 55.2 Å². The molecule has 1 aliphatic carbocycles. The molecule has 0 amide bonds. The maximum absolute atomic E-state index is 13.1. The van der Waals surface area contributed by atoms with E-state index in [2.05, 4.69) is 9.71 Å². The van der Waals surface area contributed by atoms with Gasteiger partial charge in [0.2, 0.25) is 10.0 Å². The van der Waals surface area contributed by atoms with E-state index in [4.69, 9.17) is 0 Å². The molecule has 0 spiro atoms. The molecular formula is C19H18FN3O4S. The molecule has 28 heavy (non-hydrogen) atoms. The van der Waals surface area contributed by atoms with Crippen molar-refractivity contribution in [3.05, 3.63) is 59.8 Å². The van der Waals surface area contributed by atoms with Crippen molar-refractivity contribution in [3.63, 3.8) is 0 Å². The lowest BCUT2D eigenvalue weighted by molar-refractivity contribution is -0.137. The van der Waals surface area contributed by atoms with Gasteiger partial charge in [-0.25, -0.2) is 17.5 Å². The van der Waals surface area contributed by atoms with E-state index in [0.29, 0.717) is 19.3 Å². The molecule has 9 heteroatoms. The molecule has 1 unspecified atom stereocenters. The number of halogens is 1. The van der Waals surface area contributed by atoms with E-state index in [-0.39, 0.29) is 17.5 Å². The molecule has 7 nitrogen and oxygen atoms in total. The molecule has 4 rings (SSSR count). The summed E-state index contributed by atoms with van der Waals surface area (Å²) in [5.41, 5.74) is 2.58. The Morgan fingerprint density at radius 2 is 2.04 bits per heavy atom. The summed E-state index contributed by atoms with van der Waals surface area (Å²) in [5, 5.41) is 10.1. The molecule has 0 saturated carbocycles. The number of carboxylic acid groups (broad SMARTS) is 1. The highest BCUT2D eigenvalue weighted by atomic mass is 32.2. The number of hydrogen-bond donors (Lipinski definition) is 2. The van der Waals surface area contributed by atoms with E-state index < -0.39 is 21.8 Å². The van der Waals surface area contributed by atoms with E-state index in [0.717, 1.165) is 34.3 Å². The van der Waals surface area contributed by atoms with E-state index in [1.165, 1.54) is 12.1 Å². The maximum Gasteiger partial charge on any atom is 0.323 e. The third kappa shape index (κ3) is 3.38. The first-order valence-corrected chi connectivity index (χ1v) is 10.3. The van der Waals surface area contributed by atoms with E-state index in [9.17, 15) is 22.7 Å². The number of nitrogens with zero attached hydrogens (tertiary/aromatic N) is 2. The summed E-state index contributed by atoms with van der Waals surface area (Å²) in [6.07, 6.45) is 4.81. The normalized spacial score (nSPS) is 16.8. The third-order valence-electron chi connectivity index (χ3n) is 5.01. The summed E-state index contributed by atoms with van der Waals surface area (Å²) in [6, 6.07) is 6.18. The van der Waals surface area contributed by atoms with Crippen molar-refractivity contribution >= 4 is 26.9 Å². The number of aliphatic carboxylic acids is 1. The third-order valence-corrected chi connectivity index (χ3v) is 6.55. The van der Waals surface area contributed by atoms with Gasteiger partial charge >= 0.3 is 5.97 Å². The molecule has 1 atom stereocenters. The molecule has 3 aromatic rings. The zero-order valence-corrected chi connectivity index (χ0v) is 15.6. The first-order valence-electron chi connectivity index (χ1n) is 8.79. The van der Waals surface area contributed by atoms with Crippen molar-refractivity contribution < 1.29 is 22.7 Å². The SMILES string of the molecule is O=C(O)Cn1c2c(c3ccncc31)CC(NS(=O)(=O)c1ccc(F)cc1)CC2. The minimum atomic E-state index is -3.77. The van der Waals surface area contributed by atoms with Crippen LogP contribution in [0.2, 0.25) is 0 Å². The number of nitrogens with one attached hydrogen (secondary N) is 1. The van der Waals surface area contributed by atoms with Crippen LogP contribution < -0.4 is 4.72 Å². The van der Waals surface area contributed by atoms with Crippen LogP contribution >= 0.6 is 0 Å². The fourth-order valence-electron chi connectivity index (χ4n) is 3.81. The van der Waals surface area contributed by atoms with E-state index in [1.807, 2.05) is 6.07 Å². The van der Waals surface area contributed by atoms with Crippen LogP contribution in [0.1, 0.15) is 17.7 Å². The molecule has 0 saturated heterocycles. The van der Waals surface area contributed by atoms with Gasteiger partial charge < -0.3 is 9.67 Å². The van der Waals surface area contributed by atoms with Gasteiger partial charge in [-0.3, -0.25) is 9.78 Å². The van der Waals surface area contributed by atoms with Crippen molar-refractivity contribution in [2.45, 2.75) is 36.7 Å². The van der Waals surface area contributed by atoms with E-state index in [1.54, 1.807) is 17.0 Å². The lowest BCUT2D eigenvalue weighted by atomic mass is 9.92. The van der Waals surface area contributed by atoms with Crippen molar-refractivity contribution in [1.29, 1.82) is 0 Å². The Balaban J connectivity index is 1.65. The number of carbonyl (C=O) groups is 1. The minimum absolute atomic E-state index is 0.0113. The second kappa shape index (κ2) is 6.99. The summed E-state index contributed by atoms with van der Waals surface area (Å²) in [7, 11) is -3.77. The zero-order chi connectivity index (χ0) is 19.9. The highest BCUT2D eigenvalue weighted by Gasteiger charge is 2.29. The first kappa shape index (κ1) is 18.6. The molecule has 0 aliphatic heterocycles. The standard InChI is InChI=1S/C19H18FN3O4S/c20-12-1-4-14(5-2-12)28(26,27)22-13-3-6-17-16(9-13)15-7-8-21-10-18(15)23(17)11-19(24)25/h1-2,4-5,7-8,10,13,22H,3,6,9,11H2,(H,24,25). The first-order chi connectivity index (χ1) is 13.3. The monoisotopic (exact) mass is 403 g/mol. The van der Waals surface area contributed by atoms with Crippen LogP contribution in [0.4, 0.5) is 4.39 Å². The summed E-state index contributed by atoms with van der Waals surface area (Å²) < 4.78 is 42.7. The molecular weight excluding hydrogens is 385 g/mol. The predicted octanol–water partition coefficient (Wildman–Crippen LogP) is 2.10. The number of benzene rings is 1. The van der Waals surface area contributed by atoms with Crippen LogP contribution in [0.3, 0.4) is 0 Å². The predicted molar refractivity (Wildman–Crippen MR) is 99.9 cm³/mol. The molecule has 1 aromatic carbocycles. The quantitative estimate of drug-likeness (QED) is 0.679. The molecule has 1 aliphatic rings. The molecule has 2 heterocycles. The Hall–Kier alpha value is -2.78. The number of aromatic nitrogens is 2. The lowest BCUT2D eigenvalue weighted by Crippen LogP contribution is -2.39. The van der Waals surface area contributed by atoms with Gasteiger partial charge in [0.05, 0.1) is 16.6 Å². The largest absolute Gasteiger partial charge is 0.480 e. The van der Waals surface area contributed by atoms with Gasteiger partial charge in [0.15, 0.2) is 0 Å². The molecule has 2 aromatic heterocycles. The number of rotatable bonds is 5. The van der Waals surface area contributed by atoms with Gasteiger partial charge in [-0.15, -0.1) is 0 Å². The van der Waals surface area contributed by atoms with Gasteiger partial charge in [0.1, 0.15) is 12.4 Å². The second-order valence-electron chi connectivity index (χ2n) is 6.81. The van der Waals surface area contributed by atoms with Gasteiger partial charge in [-0.2, -0.15) is 0 Å². The molecule has 0 radical (unpaired) electrons. The number of fused-ring (bicyclic) bond motifs is 3. The number of hydrogen-bond acceptors (Lipinski definition) is 4. The van der Waals surface area contributed by atoms with Crippen LogP contribution in [0.5, 0.6) is 0 Å². The molecule has 2 N–H and O–H groups in total. The molecule has 146 valence electrons. The highest BCUT2D eigenvalue weighted by molar-refractivity contribution is 7.89. The van der Waals surface area contributed by atoms with Crippen LogP contribution in [0.15, 0.2) is 47.6 Å². The maximum atomic E-state index is 13.1.